The zero-order valence-electron chi connectivity index (χ0n) is 19.9. The largest absolute Gasteiger partial charge is 0.375 e. The fourth-order valence-electron chi connectivity index (χ4n) is 3.59. The van der Waals surface area contributed by atoms with Crippen LogP contribution in [0.3, 0.4) is 0 Å². The summed E-state index contributed by atoms with van der Waals surface area (Å²) >= 11 is 1.64. The molecule has 0 aliphatic carbocycles. The molecule has 1 N–H and O–H groups in total. The predicted octanol–water partition coefficient (Wildman–Crippen LogP) is 3.42. The number of aromatic nitrogens is 1. The number of methoxy groups -OCH3 is 1. The minimum atomic E-state index is 0. The second kappa shape index (κ2) is 13.4. The summed E-state index contributed by atoms with van der Waals surface area (Å²) in [6.45, 7) is 9.10. The van der Waals surface area contributed by atoms with Gasteiger partial charge in [-0.25, -0.2) is 4.98 Å². The fourth-order valence-corrected chi connectivity index (χ4v) is 4.44. The average Bonchev–Trinajstić information content (AvgIpc) is 3.24. The number of likely N-dealkylation sites (N-methyl/N-ethyl adjacent to an activating group) is 1. The van der Waals surface area contributed by atoms with Crippen molar-refractivity contribution in [1.29, 1.82) is 0 Å². The van der Waals surface area contributed by atoms with Crippen molar-refractivity contribution in [2.45, 2.75) is 32.7 Å². The molecule has 0 bridgehead atoms. The molecule has 1 fully saturated rings. The van der Waals surface area contributed by atoms with Crippen LogP contribution in [0.4, 0.5) is 0 Å². The van der Waals surface area contributed by atoms with Crippen molar-refractivity contribution in [3.63, 3.8) is 0 Å². The summed E-state index contributed by atoms with van der Waals surface area (Å²) in [5.41, 5.74) is 3.66. The number of benzene rings is 1. The standard InChI is InChI=1S/C23H36N6OS.HI/c1-18(30-5)22-26-21(17-31-22)16-28(4)23(24-2)25-14-19-6-8-20(9-7-19)15-29-12-10-27(3)11-13-29;/h6-9,17-18H,10-16H2,1-5H3,(H,24,25);1H. The molecule has 0 spiro atoms. The molecule has 9 heteroatoms. The third-order valence-corrected chi connectivity index (χ3v) is 6.77. The first-order valence-corrected chi connectivity index (χ1v) is 11.7. The summed E-state index contributed by atoms with van der Waals surface area (Å²) in [7, 11) is 7.76. The first-order valence-electron chi connectivity index (χ1n) is 10.9. The number of guanidine groups is 1. The van der Waals surface area contributed by atoms with Gasteiger partial charge in [0.05, 0.1) is 12.2 Å². The van der Waals surface area contributed by atoms with E-state index in [1.54, 1.807) is 18.4 Å². The summed E-state index contributed by atoms with van der Waals surface area (Å²) in [6.07, 6.45) is 0.0284. The molecule has 0 saturated carbocycles. The van der Waals surface area contributed by atoms with Crippen molar-refractivity contribution in [1.82, 2.24) is 25.0 Å². The van der Waals surface area contributed by atoms with Gasteiger partial charge in [-0.15, -0.1) is 35.3 Å². The highest BCUT2D eigenvalue weighted by Gasteiger charge is 2.14. The van der Waals surface area contributed by atoms with E-state index in [2.05, 4.69) is 66.7 Å². The molecule has 1 atom stereocenters. The summed E-state index contributed by atoms with van der Waals surface area (Å²) < 4.78 is 5.36. The molecule has 3 rings (SSSR count). The van der Waals surface area contributed by atoms with E-state index < -0.39 is 0 Å². The van der Waals surface area contributed by atoms with Crippen molar-refractivity contribution in [3.05, 3.63) is 51.5 Å². The number of aliphatic imine (C=N–C) groups is 1. The minimum absolute atomic E-state index is 0. The highest BCUT2D eigenvalue weighted by molar-refractivity contribution is 14.0. The maximum Gasteiger partial charge on any atom is 0.194 e. The lowest BCUT2D eigenvalue weighted by molar-refractivity contribution is 0.119. The highest BCUT2D eigenvalue weighted by Crippen LogP contribution is 2.21. The van der Waals surface area contributed by atoms with Crippen LogP contribution >= 0.6 is 35.3 Å². The van der Waals surface area contributed by atoms with Crippen LogP contribution in [-0.4, -0.2) is 80.1 Å². The lowest BCUT2D eigenvalue weighted by Gasteiger charge is -2.32. The quantitative estimate of drug-likeness (QED) is 0.297. The zero-order valence-corrected chi connectivity index (χ0v) is 23.0. The molecule has 1 saturated heterocycles. The summed E-state index contributed by atoms with van der Waals surface area (Å²) in [6, 6.07) is 8.92. The number of nitrogens with one attached hydrogen (secondary N) is 1. The van der Waals surface area contributed by atoms with E-state index in [4.69, 9.17) is 4.74 Å². The smallest absolute Gasteiger partial charge is 0.194 e. The van der Waals surface area contributed by atoms with Gasteiger partial charge in [0.1, 0.15) is 11.1 Å². The molecule has 1 aliphatic heterocycles. The van der Waals surface area contributed by atoms with E-state index >= 15 is 0 Å². The molecule has 0 amide bonds. The normalized spacial score (nSPS) is 16.5. The van der Waals surface area contributed by atoms with Crippen LogP contribution in [0.1, 0.15) is 34.9 Å². The zero-order chi connectivity index (χ0) is 22.2. The first kappa shape index (κ1) is 27.0. The van der Waals surface area contributed by atoms with Crippen LogP contribution in [0.2, 0.25) is 0 Å². The molecule has 1 aromatic carbocycles. The number of hydrogen-bond acceptors (Lipinski definition) is 6. The van der Waals surface area contributed by atoms with Gasteiger partial charge < -0.3 is 19.9 Å². The Bertz CT molecular complexity index is 835. The van der Waals surface area contributed by atoms with Crippen molar-refractivity contribution in [3.8, 4) is 0 Å². The van der Waals surface area contributed by atoms with Gasteiger partial charge in [-0.05, 0) is 25.1 Å². The Morgan fingerprint density at radius 2 is 1.88 bits per heavy atom. The Kier molecular flexibility index (Phi) is 11.3. The molecule has 2 heterocycles. The topological polar surface area (TPSA) is 56.2 Å². The molecule has 1 aromatic heterocycles. The lowest BCUT2D eigenvalue weighted by Crippen LogP contribution is -2.43. The van der Waals surface area contributed by atoms with Crippen molar-refractivity contribution < 1.29 is 4.74 Å². The van der Waals surface area contributed by atoms with Crippen molar-refractivity contribution in [2.24, 2.45) is 4.99 Å². The van der Waals surface area contributed by atoms with Gasteiger partial charge in [-0.1, -0.05) is 24.3 Å². The lowest BCUT2D eigenvalue weighted by atomic mass is 10.1. The molecule has 0 radical (unpaired) electrons. The summed E-state index contributed by atoms with van der Waals surface area (Å²) in [5.74, 6) is 0.857. The third kappa shape index (κ3) is 7.95. The highest BCUT2D eigenvalue weighted by atomic mass is 127. The van der Waals surface area contributed by atoms with Gasteiger partial charge >= 0.3 is 0 Å². The molecule has 1 unspecified atom stereocenters. The van der Waals surface area contributed by atoms with Crippen LogP contribution in [0.5, 0.6) is 0 Å². The number of thiazole rings is 1. The Hall–Kier alpha value is -1.27. The van der Waals surface area contributed by atoms with Gasteiger partial charge in [0.2, 0.25) is 0 Å². The van der Waals surface area contributed by atoms with Gasteiger partial charge in [0.25, 0.3) is 0 Å². The van der Waals surface area contributed by atoms with Crippen molar-refractivity contribution in [2.75, 3.05) is 54.4 Å². The Balaban J connectivity index is 0.00000363. The molecule has 1 aliphatic rings. The predicted molar refractivity (Wildman–Crippen MR) is 144 cm³/mol. The molecule has 178 valence electrons. The Labute approximate surface area is 213 Å². The molecule has 2 aromatic rings. The molecular formula is C23H37IN6OS. The number of hydrogen-bond donors (Lipinski definition) is 1. The molecular weight excluding hydrogens is 535 g/mol. The van der Waals surface area contributed by atoms with E-state index in [9.17, 15) is 0 Å². The van der Waals surface area contributed by atoms with Crippen LogP contribution in [0, 0.1) is 0 Å². The average molecular weight is 573 g/mol. The van der Waals surface area contributed by atoms with Crippen LogP contribution in [0.15, 0.2) is 34.6 Å². The number of rotatable bonds is 8. The monoisotopic (exact) mass is 572 g/mol. The third-order valence-electron chi connectivity index (χ3n) is 5.72. The van der Waals surface area contributed by atoms with Gasteiger partial charge in [0, 0.05) is 65.9 Å². The Morgan fingerprint density at radius 1 is 1.22 bits per heavy atom. The van der Waals surface area contributed by atoms with E-state index in [0.717, 1.165) is 55.9 Å². The number of halogens is 1. The van der Waals surface area contributed by atoms with Gasteiger partial charge in [0.15, 0.2) is 5.96 Å². The maximum absolute atomic E-state index is 5.36. The summed E-state index contributed by atoms with van der Waals surface area (Å²) in [4.78, 5) is 16.1. The van der Waals surface area contributed by atoms with Gasteiger partial charge in [-0.3, -0.25) is 9.89 Å². The number of ether oxygens (including phenoxy) is 1. The number of nitrogens with zero attached hydrogens (tertiary/aromatic N) is 5. The van der Waals surface area contributed by atoms with Crippen LogP contribution in [0.25, 0.3) is 0 Å². The van der Waals surface area contributed by atoms with Crippen molar-refractivity contribution >= 4 is 41.3 Å². The second-order valence-electron chi connectivity index (χ2n) is 8.21. The van der Waals surface area contributed by atoms with E-state index in [1.165, 1.54) is 11.1 Å². The fraction of sp³-hybridized carbons (Fsp3) is 0.565. The molecule has 32 heavy (non-hydrogen) atoms. The second-order valence-corrected chi connectivity index (χ2v) is 9.10. The van der Waals surface area contributed by atoms with Gasteiger partial charge in [-0.2, -0.15) is 0 Å². The van der Waals surface area contributed by atoms with E-state index in [0.29, 0.717) is 6.54 Å². The maximum atomic E-state index is 5.36. The van der Waals surface area contributed by atoms with E-state index in [-0.39, 0.29) is 30.1 Å². The number of piperazine rings is 1. The van der Waals surface area contributed by atoms with E-state index in [1.807, 2.05) is 21.0 Å². The Morgan fingerprint density at radius 3 is 2.50 bits per heavy atom. The van der Waals surface area contributed by atoms with Crippen LogP contribution in [-0.2, 0) is 24.4 Å². The minimum Gasteiger partial charge on any atom is -0.375 e. The SMILES string of the molecule is CN=C(NCc1ccc(CN2CCN(C)CC2)cc1)N(C)Cc1csc(C(C)OC)n1.I. The molecule has 7 nitrogen and oxygen atoms in total. The summed E-state index contributed by atoms with van der Waals surface area (Å²) in [5, 5.41) is 6.56. The first-order chi connectivity index (χ1) is 15.0. The van der Waals surface area contributed by atoms with Crippen LogP contribution < -0.4 is 5.32 Å².